The van der Waals surface area contributed by atoms with Crippen LogP contribution < -0.4 is 15.1 Å². The van der Waals surface area contributed by atoms with Crippen LogP contribution in [0.4, 0.5) is 24.7 Å². The van der Waals surface area contributed by atoms with E-state index in [-0.39, 0.29) is 41.1 Å². The number of imide groups is 2. The number of aryl methyl sites for hydroxylation is 1. The lowest BCUT2D eigenvalue weighted by Gasteiger charge is -2.50. The number of phenolic OH excluding ortho intramolecular Hbond substituents is 1. The number of carbonyl (C=O) groups excluding carboxylic acids is 4. The van der Waals surface area contributed by atoms with E-state index < -0.39 is 69.5 Å². The van der Waals surface area contributed by atoms with E-state index in [4.69, 9.17) is 39.5 Å². The van der Waals surface area contributed by atoms with Crippen LogP contribution in [0.3, 0.4) is 0 Å². The van der Waals surface area contributed by atoms with Gasteiger partial charge in [0.25, 0.3) is 11.8 Å². The van der Waals surface area contributed by atoms with Gasteiger partial charge in [-0.2, -0.15) is 18.2 Å². The van der Waals surface area contributed by atoms with Gasteiger partial charge in [0.2, 0.25) is 11.8 Å². The highest BCUT2D eigenvalue weighted by atomic mass is 35.5. The number of halogens is 6. The number of ether oxygens (including phenoxy) is 1. The Bertz CT molecular complexity index is 2390. The number of hydrazine groups is 1. The number of pyridine rings is 1. The second-order valence-corrected chi connectivity index (χ2v) is 15.8. The minimum absolute atomic E-state index is 0.0296. The van der Waals surface area contributed by atoms with E-state index in [0.717, 1.165) is 12.0 Å². The molecule has 57 heavy (non-hydrogen) atoms. The molecule has 2 aliphatic heterocycles. The fraction of sp³-hybridized carbons (Fsp3) is 0.293. The molecular weight excluding hydrogens is 808 g/mol. The van der Waals surface area contributed by atoms with Crippen LogP contribution in [-0.2, 0) is 37.2 Å². The predicted octanol–water partition coefficient (Wildman–Crippen LogP) is 8.53. The fourth-order valence-corrected chi connectivity index (χ4v) is 9.76. The lowest BCUT2D eigenvalue weighted by atomic mass is 9.49. The summed E-state index contributed by atoms with van der Waals surface area (Å²) in [6, 6.07) is 17.1. The summed E-state index contributed by atoms with van der Waals surface area (Å²) in [5.41, 5.74) is 2.38. The van der Waals surface area contributed by atoms with Gasteiger partial charge in [0.05, 0.1) is 51.6 Å². The third-order valence-electron chi connectivity index (χ3n) is 11.8. The number of aromatic hydroxyl groups is 1. The van der Waals surface area contributed by atoms with Crippen molar-refractivity contribution >= 4 is 69.9 Å². The van der Waals surface area contributed by atoms with Crippen LogP contribution in [0.5, 0.6) is 11.5 Å². The molecule has 3 heterocycles. The Kier molecular flexibility index (Phi) is 9.56. The molecule has 4 aliphatic rings. The second-order valence-electron chi connectivity index (χ2n) is 14.5. The highest BCUT2D eigenvalue weighted by molar-refractivity contribution is 6.33. The standard InChI is InChI=1S/C41H32Cl3F3N4O6/c1-3-19-4-10-24(11-5-19)50-36(53)26-13-12-25-27(32(26)38(50)55)17-28-37(54)51(49-35-30(44)16-22(18-48-35)41(45,46)47)39(56)40(28,21-6-8-23(42)9-7-21)33(25)20-14-29(43)34(52)31(15-20)57-2/h4-12,14-16,18,26-28,32-33,52H,3,13,17H2,1-2H3,(H,48,49). The molecule has 294 valence electrons. The molecule has 2 N–H and O–H groups in total. The molecule has 2 aliphatic carbocycles. The van der Waals surface area contributed by atoms with Crippen molar-refractivity contribution in [1.82, 2.24) is 9.99 Å². The summed E-state index contributed by atoms with van der Waals surface area (Å²) in [5, 5.41) is 11.2. The molecule has 2 saturated heterocycles. The minimum Gasteiger partial charge on any atom is -0.503 e. The second kappa shape index (κ2) is 14.1. The van der Waals surface area contributed by atoms with Crippen LogP contribution in [0.1, 0.15) is 47.9 Å². The fourth-order valence-electron chi connectivity index (χ4n) is 9.21. The first-order chi connectivity index (χ1) is 27.1. The van der Waals surface area contributed by atoms with Crippen molar-refractivity contribution in [2.75, 3.05) is 17.4 Å². The van der Waals surface area contributed by atoms with Gasteiger partial charge in [0, 0.05) is 17.1 Å². The topological polar surface area (TPSA) is 129 Å². The monoisotopic (exact) mass is 838 g/mol. The third kappa shape index (κ3) is 5.96. The van der Waals surface area contributed by atoms with Crippen LogP contribution in [0.25, 0.3) is 0 Å². The first kappa shape index (κ1) is 38.7. The maximum atomic E-state index is 15.4. The Labute approximate surface area is 339 Å². The summed E-state index contributed by atoms with van der Waals surface area (Å²) < 4.78 is 46.0. The number of allylic oxidation sites excluding steroid dienone is 2. The number of nitrogens with zero attached hydrogens (tertiary/aromatic N) is 3. The zero-order chi connectivity index (χ0) is 40.7. The predicted molar refractivity (Wildman–Crippen MR) is 205 cm³/mol. The molecule has 4 aromatic rings. The van der Waals surface area contributed by atoms with Crippen LogP contribution in [0.15, 0.2) is 84.6 Å². The molecule has 16 heteroatoms. The lowest BCUT2D eigenvalue weighted by molar-refractivity contribution is -0.139. The van der Waals surface area contributed by atoms with Gasteiger partial charge in [0.1, 0.15) is 0 Å². The molecule has 8 rings (SSSR count). The molecule has 6 unspecified atom stereocenters. The number of hydrogen-bond acceptors (Lipinski definition) is 8. The van der Waals surface area contributed by atoms with Gasteiger partial charge in [0.15, 0.2) is 17.3 Å². The Morgan fingerprint density at radius 1 is 0.930 bits per heavy atom. The van der Waals surface area contributed by atoms with Gasteiger partial charge in [-0.3, -0.25) is 29.5 Å². The number of hydrogen-bond donors (Lipinski definition) is 2. The number of amides is 4. The first-order valence-corrected chi connectivity index (χ1v) is 19.1. The molecule has 0 spiro atoms. The number of aromatic nitrogens is 1. The molecule has 1 aromatic heterocycles. The van der Waals surface area contributed by atoms with E-state index in [0.29, 0.717) is 44.7 Å². The van der Waals surface area contributed by atoms with E-state index in [1.165, 1.54) is 24.1 Å². The number of benzene rings is 3. The quantitative estimate of drug-likeness (QED) is 0.140. The van der Waals surface area contributed by atoms with E-state index in [1.807, 2.05) is 25.1 Å². The highest BCUT2D eigenvalue weighted by Crippen LogP contribution is 2.65. The molecule has 3 aromatic carbocycles. The minimum atomic E-state index is -4.77. The SMILES string of the molecule is CCc1ccc(N2C(=O)C3CC=C4C(CC5C(=O)N(Nc6ncc(C(F)(F)F)cc6Cl)C(=O)C5(c5ccc(Cl)cc5)C4c4cc(Cl)c(O)c(OC)c4)C3C2=O)cc1. The highest BCUT2D eigenvalue weighted by Gasteiger charge is 2.70. The van der Waals surface area contributed by atoms with Crippen molar-refractivity contribution in [3.63, 3.8) is 0 Å². The molecule has 1 saturated carbocycles. The smallest absolute Gasteiger partial charge is 0.417 e. The van der Waals surface area contributed by atoms with Crippen LogP contribution in [0, 0.1) is 23.7 Å². The molecule has 6 atom stereocenters. The number of alkyl halides is 3. The van der Waals surface area contributed by atoms with E-state index in [9.17, 15) is 32.7 Å². The normalized spacial score (nSPS) is 25.6. The Balaban J connectivity index is 1.32. The van der Waals surface area contributed by atoms with Crippen LogP contribution >= 0.6 is 34.8 Å². The van der Waals surface area contributed by atoms with E-state index in [2.05, 4.69) is 10.4 Å². The average molecular weight is 840 g/mol. The summed E-state index contributed by atoms with van der Waals surface area (Å²) in [6.45, 7) is 1.99. The van der Waals surface area contributed by atoms with Gasteiger partial charge < -0.3 is 9.84 Å². The number of anilines is 2. The number of carbonyl (C=O) groups is 4. The average Bonchev–Trinajstić information content (AvgIpc) is 3.57. The summed E-state index contributed by atoms with van der Waals surface area (Å²) in [5.74, 6) is -7.95. The van der Waals surface area contributed by atoms with Crippen molar-refractivity contribution in [3.8, 4) is 11.5 Å². The van der Waals surface area contributed by atoms with Crippen molar-refractivity contribution in [3.05, 3.63) is 122 Å². The largest absolute Gasteiger partial charge is 0.503 e. The van der Waals surface area contributed by atoms with Crippen LogP contribution in [0.2, 0.25) is 15.1 Å². The van der Waals surface area contributed by atoms with Crippen molar-refractivity contribution in [2.45, 2.75) is 43.7 Å². The van der Waals surface area contributed by atoms with Gasteiger partial charge in [-0.25, -0.2) is 4.98 Å². The van der Waals surface area contributed by atoms with Crippen molar-refractivity contribution in [2.24, 2.45) is 23.7 Å². The number of nitrogens with one attached hydrogen (secondary N) is 1. The molecule has 0 bridgehead atoms. The number of phenols is 1. The molecular formula is C41H32Cl3F3N4O6. The Morgan fingerprint density at radius 2 is 1.63 bits per heavy atom. The Hall–Kier alpha value is -5.11. The van der Waals surface area contributed by atoms with Gasteiger partial charge in [-0.1, -0.05) is 77.6 Å². The lowest BCUT2D eigenvalue weighted by Crippen LogP contribution is -2.53. The summed E-state index contributed by atoms with van der Waals surface area (Å²) in [6.07, 6.45) is -1.58. The van der Waals surface area contributed by atoms with Gasteiger partial charge in [-0.15, -0.1) is 0 Å². The first-order valence-electron chi connectivity index (χ1n) is 18.0. The maximum Gasteiger partial charge on any atom is 0.417 e. The number of fused-ring (bicyclic) bond motifs is 4. The van der Waals surface area contributed by atoms with E-state index in [1.54, 1.807) is 36.4 Å². The molecule has 10 nitrogen and oxygen atoms in total. The van der Waals surface area contributed by atoms with Gasteiger partial charge in [-0.05, 0) is 84.3 Å². The van der Waals surface area contributed by atoms with E-state index >= 15 is 4.79 Å². The summed E-state index contributed by atoms with van der Waals surface area (Å²) >= 11 is 19.2. The zero-order valence-electron chi connectivity index (χ0n) is 30.1. The number of rotatable bonds is 7. The van der Waals surface area contributed by atoms with Crippen molar-refractivity contribution < 1.29 is 42.2 Å². The summed E-state index contributed by atoms with van der Waals surface area (Å²) in [7, 11) is 1.32. The zero-order valence-corrected chi connectivity index (χ0v) is 32.4. The third-order valence-corrected chi connectivity index (χ3v) is 12.6. The molecule has 3 fully saturated rings. The number of methoxy groups -OCH3 is 1. The van der Waals surface area contributed by atoms with Crippen molar-refractivity contribution in [1.29, 1.82) is 0 Å². The molecule has 0 radical (unpaired) electrons. The summed E-state index contributed by atoms with van der Waals surface area (Å²) in [4.78, 5) is 64.0. The van der Waals surface area contributed by atoms with Gasteiger partial charge >= 0.3 is 6.18 Å². The maximum absolute atomic E-state index is 15.4. The Morgan fingerprint density at radius 3 is 2.26 bits per heavy atom. The van der Waals surface area contributed by atoms with Crippen LogP contribution in [-0.4, -0.2) is 45.8 Å². The molecule has 4 amide bonds.